The van der Waals surface area contributed by atoms with E-state index in [0.717, 1.165) is 35.2 Å². The summed E-state index contributed by atoms with van der Waals surface area (Å²) in [6, 6.07) is 7.55. The Labute approximate surface area is 126 Å². The lowest BCUT2D eigenvalue weighted by Gasteiger charge is -2.06. The van der Waals surface area contributed by atoms with Gasteiger partial charge >= 0.3 is 0 Å². The lowest BCUT2D eigenvalue weighted by molar-refractivity contribution is -0.116. The van der Waals surface area contributed by atoms with Crippen molar-refractivity contribution in [2.45, 2.75) is 26.2 Å². The number of rotatable bonds is 6. The molecule has 20 heavy (non-hydrogen) atoms. The molecular formula is C14H17BrN4O. The number of hydrogen-bond acceptors (Lipinski definition) is 3. The zero-order valence-corrected chi connectivity index (χ0v) is 12.9. The van der Waals surface area contributed by atoms with E-state index in [1.807, 2.05) is 31.2 Å². The first-order valence-corrected chi connectivity index (χ1v) is 7.66. The average molecular weight is 337 g/mol. The summed E-state index contributed by atoms with van der Waals surface area (Å²) in [7, 11) is 0. The molecule has 0 saturated heterocycles. The summed E-state index contributed by atoms with van der Waals surface area (Å²) in [6.45, 7) is 1.85. The van der Waals surface area contributed by atoms with Gasteiger partial charge in [-0.05, 0) is 31.9 Å². The maximum absolute atomic E-state index is 11.8. The minimum atomic E-state index is 0.0364. The Kier molecular flexibility index (Phi) is 5.29. The molecule has 0 spiro atoms. The Hall–Kier alpha value is -1.69. The lowest BCUT2D eigenvalue weighted by Crippen LogP contribution is -2.11. The van der Waals surface area contributed by atoms with Crippen LogP contribution >= 0.6 is 15.9 Å². The van der Waals surface area contributed by atoms with Crippen LogP contribution < -0.4 is 5.32 Å². The van der Waals surface area contributed by atoms with Crippen molar-refractivity contribution in [2.24, 2.45) is 0 Å². The second-order valence-corrected chi connectivity index (χ2v) is 5.31. The van der Waals surface area contributed by atoms with Crippen LogP contribution in [0.2, 0.25) is 0 Å². The lowest BCUT2D eigenvalue weighted by atomic mass is 10.2. The number of nitrogens with one attached hydrogen (secondary N) is 2. The number of anilines is 1. The summed E-state index contributed by atoms with van der Waals surface area (Å²) in [5.41, 5.74) is 1.65. The zero-order valence-electron chi connectivity index (χ0n) is 11.3. The summed E-state index contributed by atoms with van der Waals surface area (Å²) in [6.07, 6.45) is 2.43. The van der Waals surface area contributed by atoms with E-state index in [1.165, 1.54) is 0 Å². The highest BCUT2D eigenvalue weighted by Gasteiger charge is 2.06. The van der Waals surface area contributed by atoms with E-state index in [0.29, 0.717) is 12.2 Å². The number of carbonyl (C=O) groups excluding carboxylic acids is 1. The molecule has 6 heteroatoms. The standard InChI is InChI=1S/C14H17BrN4O/c1-10-16-14(19-18-10)11-5-4-6-12(9-11)17-13(20)7-2-3-8-15/h4-6,9H,2-3,7-8H2,1H3,(H,17,20)(H,16,18,19). The number of hydrogen-bond donors (Lipinski definition) is 2. The summed E-state index contributed by atoms with van der Waals surface area (Å²) in [5.74, 6) is 1.44. The number of nitrogens with zero attached hydrogens (tertiary/aromatic N) is 2. The normalized spacial score (nSPS) is 10.5. The number of alkyl halides is 1. The molecule has 0 fully saturated rings. The number of benzene rings is 1. The number of carbonyl (C=O) groups is 1. The number of aromatic nitrogens is 3. The molecule has 0 radical (unpaired) electrons. The van der Waals surface area contributed by atoms with Gasteiger partial charge in [0.05, 0.1) is 0 Å². The van der Waals surface area contributed by atoms with E-state index < -0.39 is 0 Å². The van der Waals surface area contributed by atoms with Gasteiger partial charge in [0.1, 0.15) is 5.82 Å². The van der Waals surface area contributed by atoms with Gasteiger partial charge in [0.15, 0.2) is 5.82 Å². The van der Waals surface area contributed by atoms with Crippen LogP contribution in [-0.2, 0) is 4.79 Å². The molecule has 2 N–H and O–H groups in total. The highest BCUT2D eigenvalue weighted by atomic mass is 79.9. The molecule has 0 aliphatic heterocycles. The second-order valence-electron chi connectivity index (χ2n) is 4.52. The van der Waals surface area contributed by atoms with Crippen LogP contribution in [0.5, 0.6) is 0 Å². The molecule has 0 bridgehead atoms. The topological polar surface area (TPSA) is 70.7 Å². The van der Waals surface area contributed by atoms with Crippen molar-refractivity contribution in [3.63, 3.8) is 0 Å². The summed E-state index contributed by atoms with van der Waals surface area (Å²) in [5, 5.41) is 10.7. The van der Waals surface area contributed by atoms with Gasteiger partial charge in [-0.3, -0.25) is 9.89 Å². The Morgan fingerprint density at radius 2 is 2.25 bits per heavy atom. The number of halogens is 1. The maximum Gasteiger partial charge on any atom is 0.224 e. The SMILES string of the molecule is Cc1nc(-c2cccc(NC(=O)CCCCBr)c2)n[nH]1. The number of aromatic amines is 1. The van der Waals surface area contributed by atoms with Crippen molar-refractivity contribution in [3.05, 3.63) is 30.1 Å². The zero-order chi connectivity index (χ0) is 14.4. The molecule has 0 aliphatic rings. The van der Waals surface area contributed by atoms with Crippen molar-refractivity contribution in [3.8, 4) is 11.4 Å². The molecule has 2 aromatic rings. The smallest absolute Gasteiger partial charge is 0.224 e. The Morgan fingerprint density at radius 1 is 1.40 bits per heavy atom. The molecule has 1 heterocycles. The fraction of sp³-hybridized carbons (Fsp3) is 0.357. The maximum atomic E-state index is 11.8. The van der Waals surface area contributed by atoms with Crippen LogP contribution in [0.4, 0.5) is 5.69 Å². The van der Waals surface area contributed by atoms with E-state index in [-0.39, 0.29) is 5.91 Å². The number of amides is 1. The third-order valence-electron chi connectivity index (χ3n) is 2.79. The second kappa shape index (κ2) is 7.19. The molecule has 0 atom stereocenters. The van der Waals surface area contributed by atoms with Crippen molar-refractivity contribution < 1.29 is 4.79 Å². The van der Waals surface area contributed by atoms with E-state index >= 15 is 0 Å². The predicted octanol–water partition coefficient (Wildman–Crippen LogP) is 3.28. The summed E-state index contributed by atoms with van der Waals surface area (Å²) in [4.78, 5) is 16.1. The first-order valence-electron chi connectivity index (χ1n) is 6.54. The molecule has 106 valence electrons. The fourth-order valence-electron chi connectivity index (χ4n) is 1.81. The molecular weight excluding hydrogens is 320 g/mol. The number of aryl methyl sites for hydroxylation is 1. The van der Waals surface area contributed by atoms with E-state index in [2.05, 4.69) is 36.4 Å². The van der Waals surface area contributed by atoms with Gasteiger partial charge in [-0.1, -0.05) is 28.1 Å². The van der Waals surface area contributed by atoms with Crippen molar-refractivity contribution in [2.75, 3.05) is 10.6 Å². The van der Waals surface area contributed by atoms with Gasteiger partial charge in [0, 0.05) is 23.0 Å². The van der Waals surface area contributed by atoms with Crippen molar-refractivity contribution in [1.82, 2.24) is 15.2 Å². The van der Waals surface area contributed by atoms with Gasteiger partial charge in [-0.25, -0.2) is 4.98 Å². The summed E-state index contributed by atoms with van der Waals surface area (Å²) >= 11 is 3.36. The molecule has 1 aromatic carbocycles. The van der Waals surface area contributed by atoms with E-state index in [9.17, 15) is 4.79 Å². The average Bonchev–Trinajstić information content (AvgIpc) is 2.86. The monoisotopic (exact) mass is 336 g/mol. The van der Waals surface area contributed by atoms with Crippen LogP contribution in [-0.4, -0.2) is 26.4 Å². The predicted molar refractivity (Wildman–Crippen MR) is 82.8 cm³/mol. The molecule has 1 aromatic heterocycles. The number of unbranched alkanes of at least 4 members (excludes halogenated alkanes) is 1. The van der Waals surface area contributed by atoms with Crippen LogP contribution in [0.15, 0.2) is 24.3 Å². The Bertz CT molecular complexity index is 582. The highest BCUT2D eigenvalue weighted by Crippen LogP contribution is 2.19. The minimum Gasteiger partial charge on any atom is -0.326 e. The van der Waals surface area contributed by atoms with Crippen molar-refractivity contribution >= 4 is 27.5 Å². The van der Waals surface area contributed by atoms with Crippen LogP contribution in [0.3, 0.4) is 0 Å². The molecule has 0 unspecified atom stereocenters. The molecule has 5 nitrogen and oxygen atoms in total. The molecule has 2 rings (SSSR count). The van der Waals surface area contributed by atoms with Crippen LogP contribution in [0.25, 0.3) is 11.4 Å². The molecule has 1 amide bonds. The first-order chi connectivity index (χ1) is 9.69. The quantitative estimate of drug-likeness (QED) is 0.628. The van der Waals surface area contributed by atoms with Crippen molar-refractivity contribution in [1.29, 1.82) is 0 Å². The summed E-state index contributed by atoms with van der Waals surface area (Å²) < 4.78 is 0. The van der Waals surface area contributed by atoms with Crippen LogP contribution in [0, 0.1) is 6.92 Å². The third-order valence-corrected chi connectivity index (χ3v) is 3.35. The molecule has 0 saturated carbocycles. The molecule has 0 aliphatic carbocycles. The van der Waals surface area contributed by atoms with E-state index in [4.69, 9.17) is 0 Å². The largest absolute Gasteiger partial charge is 0.326 e. The van der Waals surface area contributed by atoms with Gasteiger partial charge in [-0.15, -0.1) is 0 Å². The first kappa shape index (κ1) is 14.7. The number of H-pyrrole nitrogens is 1. The van der Waals surface area contributed by atoms with Gasteiger partial charge in [0.2, 0.25) is 5.91 Å². The Balaban J connectivity index is 2.01. The van der Waals surface area contributed by atoms with Crippen LogP contribution in [0.1, 0.15) is 25.1 Å². The van der Waals surface area contributed by atoms with Gasteiger partial charge in [0.25, 0.3) is 0 Å². The fourth-order valence-corrected chi connectivity index (χ4v) is 2.21. The van der Waals surface area contributed by atoms with E-state index in [1.54, 1.807) is 0 Å². The third kappa shape index (κ3) is 4.16. The minimum absolute atomic E-state index is 0.0364. The van der Waals surface area contributed by atoms with Gasteiger partial charge in [-0.2, -0.15) is 5.10 Å². The van der Waals surface area contributed by atoms with Gasteiger partial charge < -0.3 is 5.32 Å². The highest BCUT2D eigenvalue weighted by molar-refractivity contribution is 9.09. The Morgan fingerprint density at radius 3 is 2.95 bits per heavy atom.